The summed E-state index contributed by atoms with van der Waals surface area (Å²) in [5, 5.41) is 16.4. The van der Waals surface area contributed by atoms with Gasteiger partial charge in [0.25, 0.3) is 0 Å². The topological polar surface area (TPSA) is 97.5 Å². The zero-order valence-electron chi connectivity index (χ0n) is 11.6. The van der Waals surface area contributed by atoms with Crippen LogP contribution in [0.5, 0.6) is 0 Å². The highest BCUT2D eigenvalue weighted by atomic mass is 16.5. The molecule has 20 heavy (non-hydrogen) atoms. The summed E-state index contributed by atoms with van der Waals surface area (Å²) in [5.74, 6) is -1.22. The molecule has 0 aliphatic carbocycles. The van der Waals surface area contributed by atoms with Gasteiger partial charge in [0, 0.05) is 13.1 Å². The van der Waals surface area contributed by atoms with Crippen LogP contribution in [-0.4, -0.2) is 62.7 Å². The van der Waals surface area contributed by atoms with Gasteiger partial charge >= 0.3 is 5.97 Å². The van der Waals surface area contributed by atoms with Gasteiger partial charge in [0.05, 0.1) is 18.4 Å². The van der Waals surface area contributed by atoms with Crippen molar-refractivity contribution in [1.82, 2.24) is 19.9 Å². The van der Waals surface area contributed by atoms with Gasteiger partial charge in [-0.15, -0.1) is 5.10 Å². The lowest BCUT2D eigenvalue weighted by Crippen LogP contribution is -2.46. The molecule has 8 nitrogen and oxygen atoms in total. The second-order valence-corrected chi connectivity index (χ2v) is 4.72. The molecule has 0 bridgehead atoms. The van der Waals surface area contributed by atoms with Gasteiger partial charge in [0.2, 0.25) is 5.91 Å². The zero-order valence-corrected chi connectivity index (χ0v) is 11.6. The summed E-state index contributed by atoms with van der Waals surface area (Å²) in [6.45, 7) is 5.34. The number of aromatic carboxylic acids is 1. The van der Waals surface area contributed by atoms with Gasteiger partial charge < -0.3 is 14.7 Å². The SMILES string of the molecule is CCc1c(C(=O)O)nnn1CC(=O)N1CCOC(C)C1. The van der Waals surface area contributed by atoms with Crippen LogP contribution >= 0.6 is 0 Å². The Kier molecular flexibility index (Phi) is 4.33. The molecule has 1 aliphatic heterocycles. The summed E-state index contributed by atoms with van der Waals surface area (Å²) in [4.78, 5) is 24.9. The molecule has 8 heteroatoms. The number of carbonyl (C=O) groups excluding carboxylic acids is 1. The molecule has 1 aromatic rings. The maximum Gasteiger partial charge on any atom is 0.358 e. The van der Waals surface area contributed by atoms with Gasteiger partial charge in [0.15, 0.2) is 5.69 Å². The van der Waals surface area contributed by atoms with Crippen molar-refractivity contribution in [3.8, 4) is 0 Å². The lowest BCUT2D eigenvalue weighted by molar-refractivity contribution is -0.139. The van der Waals surface area contributed by atoms with Gasteiger partial charge in [-0.1, -0.05) is 12.1 Å². The summed E-state index contributed by atoms with van der Waals surface area (Å²) in [6, 6.07) is 0. The van der Waals surface area contributed by atoms with Crippen molar-refractivity contribution < 1.29 is 19.4 Å². The normalized spacial score (nSPS) is 19.1. The minimum absolute atomic E-state index is 0.0101. The molecule has 0 spiro atoms. The Morgan fingerprint density at radius 3 is 2.85 bits per heavy atom. The quantitative estimate of drug-likeness (QED) is 0.820. The third-order valence-electron chi connectivity index (χ3n) is 3.25. The molecule has 2 rings (SSSR count). The zero-order chi connectivity index (χ0) is 14.7. The highest BCUT2D eigenvalue weighted by molar-refractivity contribution is 5.86. The predicted octanol–water partition coefficient (Wildman–Crippen LogP) is -0.214. The van der Waals surface area contributed by atoms with E-state index in [0.29, 0.717) is 31.8 Å². The molecule has 110 valence electrons. The molecule has 1 aromatic heterocycles. The maximum absolute atomic E-state index is 12.2. The Morgan fingerprint density at radius 1 is 1.50 bits per heavy atom. The first-order valence-electron chi connectivity index (χ1n) is 6.58. The van der Waals surface area contributed by atoms with Crippen molar-refractivity contribution in [2.45, 2.75) is 32.9 Å². The molecule has 0 radical (unpaired) electrons. The van der Waals surface area contributed by atoms with Crippen LogP contribution in [0.25, 0.3) is 0 Å². The number of amides is 1. The van der Waals surface area contributed by atoms with Crippen molar-refractivity contribution in [3.63, 3.8) is 0 Å². The molecule has 0 saturated carbocycles. The predicted molar refractivity (Wildman–Crippen MR) is 68.4 cm³/mol. The standard InChI is InChI=1S/C12H18N4O4/c1-3-9-11(12(18)19)13-14-16(9)7-10(17)15-4-5-20-8(2)6-15/h8H,3-7H2,1-2H3,(H,18,19). The van der Waals surface area contributed by atoms with E-state index in [4.69, 9.17) is 9.84 Å². The number of hydrogen-bond acceptors (Lipinski definition) is 5. The molecule has 1 amide bonds. The number of hydrogen-bond donors (Lipinski definition) is 1. The molecule has 1 atom stereocenters. The van der Waals surface area contributed by atoms with E-state index in [0.717, 1.165) is 0 Å². The van der Waals surface area contributed by atoms with Crippen LogP contribution in [0.15, 0.2) is 0 Å². The molecule has 0 aromatic carbocycles. The number of aromatic nitrogens is 3. The van der Waals surface area contributed by atoms with Crippen LogP contribution in [0.1, 0.15) is 30.0 Å². The highest BCUT2D eigenvalue weighted by Gasteiger charge is 2.24. The van der Waals surface area contributed by atoms with E-state index < -0.39 is 5.97 Å². The van der Waals surface area contributed by atoms with Gasteiger partial charge in [-0.25, -0.2) is 9.48 Å². The van der Waals surface area contributed by atoms with Crippen molar-refractivity contribution in [2.24, 2.45) is 0 Å². The maximum atomic E-state index is 12.2. The largest absolute Gasteiger partial charge is 0.476 e. The number of rotatable bonds is 4. The minimum Gasteiger partial charge on any atom is -0.476 e. The van der Waals surface area contributed by atoms with Crippen molar-refractivity contribution >= 4 is 11.9 Å². The molecule has 1 fully saturated rings. The molecular weight excluding hydrogens is 264 g/mol. The number of carboxylic acids is 1. The fourth-order valence-electron chi connectivity index (χ4n) is 2.25. The van der Waals surface area contributed by atoms with E-state index in [9.17, 15) is 9.59 Å². The molecule has 1 unspecified atom stereocenters. The van der Waals surface area contributed by atoms with E-state index >= 15 is 0 Å². The van der Waals surface area contributed by atoms with Crippen LogP contribution in [0.2, 0.25) is 0 Å². The number of morpholine rings is 1. The van der Waals surface area contributed by atoms with Gasteiger partial charge in [0.1, 0.15) is 6.54 Å². The third-order valence-corrected chi connectivity index (χ3v) is 3.25. The van der Waals surface area contributed by atoms with Crippen LogP contribution in [0.4, 0.5) is 0 Å². The molecule has 1 aliphatic rings. The molecule has 2 heterocycles. The third kappa shape index (κ3) is 2.96. The smallest absolute Gasteiger partial charge is 0.358 e. The molecule has 1 saturated heterocycles. The molecular formula is C12H18N4O4. The molecule has 1 N–H and O–H groups in total. The lowest BCUT2D eigenvalue weighted by atomic mass is 10.2. The number of ether oxygens (including phenoxy) is 1. The summed E-state index contributed by atoms with van der Waals surface area (Å²) in [7, 11) is 0. The van der Waals surface area contributed by atoms with E-state index in [-0.39, 0.29) is 24.2 Å². The van der Waals surface area contributed by atoms with E-state index in [1.54, 1.807) is 4.90 Å². The van der Waals surface area contributed by atoms with E-state index in [1.807, 2.05) is 13.8 Å². The fraction of sp³-hybridized carbons (Fsp3) is 0.667. The highest BCUT2D eigenvalue weighted by Crippen LogP contribution is 2.09. The van der Waals surface area contributed by atoms with E-state index in [1.165, 1.54) is 4.68 Å². The van der Waals surface area contributed by atoms with Crippen molar-refractivity contribution in [2.75, 3.05) is 19.7 Å². The number of carbonyl (C=O) groups is 2. The second kappa shape index (κ2) is 6.00. The Morgan fingerprint density at radius 2 is 2.25 bits per heavy atom. The van der Waals surface area contributed by atoms with Gasteiger partial charge in [-0.2, -0.15) is 0 Å². The summed E-state index contributed by atoms with van der Waals surface area (Å²) >= 11 is 0. The Labute approximate surface area is 116 Å². The van der Waals surface area contributed by atoms with Crippen molar-refractivity contribution in [1.29, 1.82) is 0 Å². The number of carboxylic acid groups (broad SMARTS) is 1. The van der Waals surface area contributed by atoms with Crippen LogP contribution < -0.4 is 0 Å². The Hall–Kier alpha value is -1.96. The monoisotopic (exact) mass is 282 g/mol. The fourth-order valence-corrected chi connectivity index (χ4v) is 2.25. The van der Waals surface area contributed by atoms with Gasteiger partial charge in [-0.3, -0.25) is 4.79 Å². The first-order chi connectivity index (χ1) is 9.52. The number of nitrogens with zero attached hydrogens (tertiary/aromatic N) is 4. The second-order valence-electron chi connectivity index (χ2n) is 4.72. The summed E-state index contributed by atoms with van der Waals surface area (Å²) < 4.78 is 6.75. The minimum atomic E-state index is -1.12. The summed E-state index contributed by atoms with van der Waals surface area (Å²) in [6.07, 6.45) is 0.477. The van der Waals surface area contributed by atoms with E-state index in [2.05, 4.69) is 10.3 Å². The van der Waals surface area contributed by atoms with Crippen LogP contribution in [0, 0.1) is 0 Å². The van der Waals surface area contributed by atoms with Crippen LogP contribution in [0.3, 0.4) is 0 Å². The van der Waals surface area contributed by atoms with Crippen LogP contribution in [-0.2, 0) is 22.5 Å². The summed E-state index contributed by atoms with van der Waals surface area (Å²) in [5.41, 5.74) is 0.378. The first-order valence-corrected chi connectivity index (χ1v) is 6.58. The Bertz CT molecular complexity index is 514. The van der Waals surface area contributed by atoms with Gasteiger partial charge in [-0.05, 0) is 13.3 Å². The average Bonchev–Trinajstić information content (AvgIpc) is 2.81. The average molecular weight is 282 g/mol. The first kappa shape index (κ1) is 14.4. The Balaban J connectivity index is 2.09. The lowest BCUT2D eigenvalue weighted by Gasteiger charge is -2.31. The van der Waals surface area contributed by atoms with Crippen molar-refractivity contribution in [3.05, 3.63) is 11.4 Å².